The van der Waals surface area contributed by atoms with E-state index in [1.165, 1.54) is 5.56 Å². The highest BCUT2D eigenvalue weighted by Gasteiger charge is 2.45. The van der Waals surface area contributed by atoms with Gasteiger partial charge in [-0.05, 0) is 48.6 Å². The van der Waals surface area contributed by atoms with Crippen LogP contribution in [0.15, 0.2) is 48.7 Å². The summed E-state index contributed by atoms with van der Waals surface area (Å²) in [5.41, 5.74) is 10.2. The summed E-state index contributed by atoms with van der Waals surface area (Å²) in [7, 11) is 1.83. The second-order valence-electron chi connectivity index (χ2n) is 16.3. The second-order valence-corrected chi connectivity index (χ2v) is 16.3. The third-order valence-electron chi connectivity index (χ3n) is 12.5. The molecule has 3 aromatic rings. The number of benzene rings is 2. The van der Waals surface area contributed by atoms with Gasteiger partial charge in [-0.1, -0.05) is 24.3 Å². The molecule has 9 rings (SSSR count). The van der Waals surface area contributed by atoms with Crippen molar-refractivity contribution < 1.29 is 28.8 Å². The molecule has 0 radical (unpaired) electrons. The van der Waals surface area contributed by atoms with Gasteiger partial charge in [0.05, 0.1) is 29.1 Å². The van der Waals surface area contributed by atoms with Crippen molar-refractivity contribution >= 4 is 47.1 Å². The van der Waals surface area contributed by atoms with Crippen molar-refractivity contribution in [1.29, 1.82) is 0 Å². The summed E-state index contributed by atoms with van der Waals surface area (Å²) in [5, 5.41) is 2.23. The minimum absolute atomic E-state index is 0.0680. The van der Waals surface area contributed by atoms with Gasteiger partial charge in [-0.2, -0.15) is 0 Å². The van der Waals surface area contributed by atoms with Gasteiger partial charge in [-0.3, -0.25) is 34.2 Å². The highest BCUT2D eigenvalue weighted by molar-refractivity contribution is 6.23. The SMILES string of the molecule is CN1CCN([C@@H]2CCCN(c3cnc(C(N)=O)c(Cc4ccc(C5CN(CC6CN(c7ccc8c(c7)C(=O)N(C7CCC(=O)NC7=O)C8=O)C6)C5)cc4)n3)C2)C1=O. The van der Waals surface area contributed by atoms with Crippen LogP contribution in [-0.4, -0.2) is 143 Å². The quantitative estimate of drug-likeness (QED) is 0.284. The molecule has 6 aliphatic rings. The van der Waals surface area contributed by atoms with Gasteiger partial charge in [0, 0.05) is 96.3 Å². The number of primary amides is 1. The Morgan fingerprint density at radius 1 is 0.877 bits per heavy atom. The number of likely N-dealkylation sites (tertiary alicyclic amines) is 1. The summed E-state index contributed by atoms with van der Waals surface area (Å²) >= 11 is 0. The summed E-state index contributed by atoms with van der Waals surface area (Å²) < 4.78 is 0. The molecule has 57 heavy (non-hydrogen) atoms. The van der Waals surface area contributed by atoms with E-state index in [4.69, 9.17) is 10.7 Å². The van der Waals surface area contributed by atoms with Crippen molar-refractivity contribution in [2.45, 2.75) is 50.1 Å². The zero-order valence-electron chi connectivity index (χ0n) is 31.9. The van der Waals surface area contributed by atoms with Gasteiger partial charge in [-0.15, -0.1) is 0 Å². The zero-order chi connectivity index (χ0) is 39.5. The van der Waals surface area contributed by atoms with Crippen molar-refractivity contribution in [2.24, 2.45) is 11.7 Å². The number of carbonyl (C=O) groups is 6. The number of hydrogen-bond acceptors (Lipinski definition) is 11. The minimum Gasteiger partial charge on any atom is -0.371 e. The number of hydrogen-bond donors (Lipinski definition) is 2. The number of likely N-dealkylation sites (N-methyl/N-ethyl adjacent to an activating group) is 1. The van der Waals surface area contributed by atoms with Crippen LogP contribution < -0.4 is 20.9 Å². The molecule has 2 atom stereocenters. The number of carbonyl (C=O) groups excluding carboxylic acids is 6. The lowest BCUT2D eigenvalue weighted by Gasteiger charge is -2.47. The van der Waals surface area contributed by atoms with E-state index >= 15 is 0 Å². The number of fused-ring (bicyclic) bond motifs is 1. The Labute approximate surface area is 329 Å². The smallest absolute Gasteiger partial charge is 0.320 e. The van der Waals surface area contributed by atoms with E-state index in [1.54, 1.807) is 23.2 Å². The number of aromatic nitrogens is 2. The van der Waals surface area contributed by atoms with Gasteiger partial charge in [0.2, 0.25) is 11.8 Å². The first-order valence-electron chi connectivity index (χ1n) is 19.8. The van der Waals surface area contributed by atoms with Crippen molar-refractivity contribution in [2.75, 3.05) is 75.8 Å². The van der Waals surface area contributed by atoms with E-state index < -0.39 is 35.6 Å². The fraction of sp³-hybridized carbons (Fsp3) is 0.463. The lowest BCUT2D eigenvalue weighted by Crippen LogP contribution is -2.55. The molecule has 296 valence electrons. The first-order valence-corrected chi connectivity index (χ1v) is 19.8. The van der Waals surface area contributed by atoms with Crippen LogP contribution in [-0.2, 0) is 16.0 Å². The number of nitrogens with one attached hydrogen (secondary N) is 1. The summed E-state index contributed by atoms with van der Waals surface area (Å²) in [6.45, 7) is 7.54. The van der Waals surface area contributed by atoms with Gasteiger partial charge >= 0.3 is 6.03 Å². The van der Waals surface area contributed by atoms with E-state index in [2.05, 4.69) is 49.3 Å². The number of imide groups is 2. The van der Waals surface area contributed by atoms with Crippen LogP contribution in [0, 0.1) is 5.92 Å². The first-order chi connectivity index (χ1) is 27.5. The van der Waals surface area contributed by atoms with Crippen molar-refractivity contribution in [1.82, 2.24) is 34.9 Å². The maximum atomic E-state index is 13.3. The van der Waals surface area contributed by atoms with Gasteiger partial charge < -0.3 is 30.2 Å². The molecule has 1 aromatic heterocycles. The lowest BCUT2D eigenvalue weighted by molar-refractivity contribution is -0.136. The highest BCUT2D eigenvalue weighted by Crippen LogP contribution is 2.35. The van der Waals surface area contributed by atoms with Gasteiger partial charge in [0.15, 0.2) is 0 Å². The maximum Gasteiger partial charge on any atom is 0.320 e. The van der Waals surface area contributed by atoms with E-state index in [1.807, 2.05) is 18.0 Å². The molecule has 2 aromatic carbocycles. The molecule has 3 N–H and O–H groups in total. The maximum absolute atomic E-state index is 13.3. The standard InChI is InChI=1S/C41H46N10O6/c1-46-13-14-50(41(46)57)29-3-2-12-48(23-29)34-17-43-36(37(42)53)32(44-34)15-24-4-6-26(7-5-24)27-21-47(22-27)18-25-19-49(20-25)28-8-9-30-31(16-28)40(56)51(39(30)55)33-10-11-35(52)45-38(33)54/h4-9,16-17,25,27,29,33H,2-3,10-15,18-23H2,1H3,(H2,42,53)(H,45,52,54)/t29-,33?/m1/s1. The molecule has 16 heteroatoms. The summed E-state index contributed by atoms with van der Waals surface area (Å²) in [5.74, 6) is -0.996. The molecular formula is C41H46N10O6. The third-order valence-corrected chi connectivity index (χ3v) is 12.5. The Balaban J connectivity index is 0.766. The summed E-state index contributed by atoms with van der Waals surface area (Å²) in [4.78, 5) is 96.2. The Morgan fingerprint density at radius 3 is 2.37 bits per heavy atom. The van der Waals surface area contributed by atoms with Gasteiger partial charge in [0.1, 0.15) is 17.6 Å². The third kappa shape index (κ3) is 6.85. The average molecular weight is 775 g/mol. The molecule has 1 unspecified atom stereocenters. The topological polar surface area (TPSA) is 186 Å². The van der Waals surface area contributed by atoms with Crippen LogP contribution in [0.25, 0.3) is 0 Å². The Kier molecular flexibility index (Phi) is 9.38. The number of anilines is 2. The van der Waals surface area contributed by atoms with Gasteiger partial charge in [0.25, 0.3) is 17.7 Å². The second kappa shape index (κ2) is 14.6. The molecule has 0 bridgehead atoms. The monoisotopic (exact) mass is 774 g/mol. The van der Waals surface area contributed by atoms with E-state index in [9.17, 15) is 28.8 Å². The van der Waals surface area contributed by atoms with Crippen molar-refractivity contribution in [3.8, 4) is 0 Å². The van der Waals surface area contributed by atoms with Crippen LogP contribution in [0.1, 0.15) is 79.6 Å². The summed E-state index contributed by atoms with van der Waals surface area (Å²) in [6, 6.07) is 13.0. The Morgan fingerprint density at radius 2 is 1.65 bits per heavy atom. The molecule has 7 heterocycles. The molecule has 0 saturated carbocycles. The van der Waals surface area contributed by atoms with E-state index in [0.29, 0.717) is 41.9 Å². The first kappa shape index (κ1) is 36.7. The average Bonchev–Trinajstić information content (AvgIpc) is 3.63. The predicted molar refractivity (Wildman–Crippen MR) is 208 cm³/mol. The normalized spacial score (nSPS) is 23.2. The minimum atomic E-state index is -0.976. The molecule has 0 aliphatic carbocycles. The highest BCUT2D eigenvalue weighted by atomic mass is 16.2. The summed E-state index contributed by atoms with van der Waals surface area (Å²) in [6.07, 6.45) is 4.15. The van der Waals surface area contributed by atoms with Crippen molar-refractivity contribution in [3.63, 3.8) is 0 Å². The van der Waals surface area contributed by atoms with Crippen LogP contribution in [0.4, 0.5) is 16.3 Å². The molecule has 5 fully saturated rings. The Hall–Kier alpha value is -5.90. The van der Waals surface area contributed by atoms with Crippen LogP contribution >= 0.6 is 0 Å². The largest absolute Gasteiger partial charge is 0.371 e. The Bertz CT molecular complexity index is 2170. The number of amides is 7. The lowest BCUT2D eigenvalue weighted by atomic mass is 9.88. The molecule has 16 nitrogen and oxygen atoms in total. The van der Waals surface area contributed by atoms with Crippen LogP contribution in [0.2, 0.25) is 0 Å². The van der Waals surface area contributed by atoms with Crippen molar-refractivity contribution in [3.05, 3.63) is 82.3 Å². The molecule has 5 saturated heterocycles. The molecule has 0 spiro atoms. The number of nitrogens with two attached hydrogens (primary N) is 1. The van der Waals surface area contributed by atoms with Crippen LogP contribution in [0.5, 0.6) is 0 Å². The fourth-order valence-corrected chi connectivity index (χ4v) is 9.27. The number of nitrogens with zero attached hydrogens (tertiary/aromatic N) is 8. The van der Waals surface area contributed by atoms with E-state index in [-0.39, 0.29) is 36.2 Å². The fourth-order valence-electron chi connectivity index (χ4n) is 9.27. The number of urea groups is 1. The zero-order valence-corrected chi connectivity index (χ0v) is 31.9. The number of rotatable bonds is 10. The molecule has 6 aliphatic heterocycles. The molecular weight excluding hydrogens is 729 g/mol. The number of piperidine rings is 2. The van der Waals surface area contributed by atoms with Crippen LogP contribution in [0.3, 0.4) is 0 Å². The van der Waals surface area contributed by atoms with Gasteiger partial charge in [-0.25, -0.2) is 14.8 Å². The van der Waals surface area contributed by atoms with E-state index in [0.717, 1.165) is 81.4 Å². The predicted octanol–water partition coefficient (Wildman–Crippen LogP) is 1.44. The molecule has 7 amide bonds.